The predicted octanol–water partition coefficient (Wildman–Crippen LogP) is 2.91. The zero-order valence-corrected chi connectivity index (χ0v) is 20.7. The number of allylic oxidation sites excluding steroid dienone is 1. The maximum atomic E-state index is 13.7. The van der Waals surface area contributed by atoms with Crippen LogP contribution >= 0.6 is 11.3 Å². The lowest BCUT2D eigenvalue weighted by molar-refractivity contribution is -0.139. The molecule has 2 aromatic carbocycles. The van der Waals surface area contributed by atoms with Gasteiger partial charge in [-0.05, 0) is 39.0 Å². The number of carbonyl (C=O) groups excluding carboxylic acids is 1. The number of aromatic hydroxyl groups is 1. The van der Waals surface area contributed by atoms with Crippen LogP contribution in [0.3, 0.4) is 0 Å². The molecular formula is C26H26N2O6S. The number of para-hydroxylation sites is 2. The smallest absolute Gasteiger partial charge is 0.338 e. The molecule has 8 nitrogen and oxygen atoms in total. The standard InChI is InChI=1S/C26H26N2O6S/c1-5-33-23-17(11-9-13-19(23)32-4)22-21(25(31)34-6-2)15(3)27-26-28(22)24(30)20(35-26)14-16-10-7-8-12-18(16)29/h7-14,22,29H,5-6H2,1-4H3/b20-14+/t22-/m0/s1. The number of carbonyl (C=O) groups is 1. The summed E-state index contributed by atoms with van der Waals surface area (Å²) in [6, 6.07) is 11.3. The van der Waals surface area contributed by atoms with E-state index in [1.54, 1.807) is 62.4 Å². The second-order valence-electron chi connectivity index (χ2n) is 7.67. The van der Waals surface area contributed by atoms with Crippen molar-refractivity contribution in [3.8, 4) is 17.2 Å². The molecule has 0 radical (unpaired) electrons. The quantitative estimate of drug-likeness (QED) is 0.507. The van der Waals surface area contributed by atoms with Crippen molar-refractivity contribution in [3.63, 3.8) is 0 Å². The third kappa shape index (κ3) is 4.46. The third-order valence-corrected chi connectivity index (χ3v) is 6.54. The topological polar surface area (TPSA) is 99.4 Å². The number of benzene rings is 2. The predicted molar refractivity (Wildman–Crippen MR) is 133 cm³/mol. The summed E-state index contributed by atoms with van der Waals surface area (Å²) in [7, 11) is 1.53. The number of aromatic nitrogens is 1. The van der Waals surface area contributed by atoms with Gasteiger partial charge in [-0.3, -0.25) is 9.36 Å². The zero-order valence-electron chi connectivity index (χ0n) is 19.9. The van der Waals surface area contributed by atoms with E-state index >= 15 is 0 Å². The molecule has 4 rings (SSSR count). The fourth-order valence-electron chi connectivity index (χ4n) is 4.04. The second kappa shape index (κ2) is 10.2. The molecule has 0 saturated heterocycles. The number of esters is 1. The fourth-order valence-corrected chi connectivity index (χ4v) is 5.08. The Labute approximate surface area is 206 Å². The van der Waals surface area contributed by atoms with Crippen molar-refractivity contribution >= 4 is 23.4 Å². The molecule has 0 saturated carbocycles. The lowest BCUT2D eigenvalue weighted by Crippen LogP contribution is -2.40. The highest BCUT2D eigenvalue weighted by Gasteiger charge is 2.35. The third-order valence-electron chi connectivity index (χ3n) is 5.55. The van der Waals surface area contributed by atoms with E-state index in [9.17, 15) is 14.7 Å². The van der Waals surface area contributed by atoms with Crippen LogP contribution in [0.1, 0.15) is 37.9 Å². The van der Waals surface area contributed by atoms with E-state index in [1.165, 1.54) is 23.0 Å². The molecule has 2 heterocycles. The van der Waals surface area contributed by atoms with Crippen molar-refractivity contribution < 1.29 is 24.1 Å². The van der Waals surface area contributed by atoms with E-state index in [1.807, 2.05) is 6.92 Å². The highest BCUT2D eigenvalue weighted by molar-refractivity contribution is 7.07. The molecule has 9 heteroatoms. The Morgan fingerprint density at radius 2 is 1.94 bits per heavy atom. The van der Waals surface area contributed by atoms with Crippen molar-refractivity contribution in [2.45, 2.75) is 26.8 Å². The van der Waals surface area contributed by atoms with E-state index in [4.69, 9.17) is 14.2 Å². The van der Waals surface area contributed by atoms with Crippen molar-refractivity contribution in [1.82, 2.24) is 4.57 Å². The van der Waals surface area contributed by atoms with Crippen LogP contribution < -0.4 is 24.4 Å². The number of phenols is 1. The van der Waals surface area contributed by atoms with Gasteiger partial charge in [0.1, 0.15) is 11.8 Å². The van der Waals surface area contributed by atoms with Gasteiger partial charge in [0.2, 0.25) is 0 Å². The summed E-state index contributed by atoms with van der Waals surface area (Å²) in [6.07, 6.45) is 1.62. The first-order valence-electron chi connectivity index (χ1n) is 11.2. The second-order valence-corrected chi connectivity index (χ2v) is 8.68. The fraction of sp³-hybridized carbons (Fsp3) is 0.269. The van der Waals surface area contributed by atoms with Crippen LogP contribution in [0.15, 0.2) is 63.5 Å². The van der Waals surface area contributed by atoms with Gasteiger partial charge in [0, 0.05) is 11.1 Å². The summed E-state index contributed by atoms with van der Waals surface area (Å²) in [6.45, 7) is 5.83. The minimum Gasteiger partial charge on any atom is -0.507 e. The summed E-state index contributed by atoms with van der Waals surface area (Å²) in [5.41, 5.74) is 1.45. The minimum atomic E-state index is -0.839. The zero-order chi connectivity index (χ0) is 25.1. The Morgan fingerprint density at radius 3 is 2.63 bits per heavy atom. The molecule has 0 spiro atoms. The van der Waals surface area contributed by atoms with Gasteiger partial charge in [0.05, 0.1) is 36.1 Å². The summed E-state index contributed by atoms with van der Waals surface area (Å²) in [5.74, 6) is 0.427. The van der Waals surface area contributed by atoms with Gasteiger partial charge in [-0.25, -0.2) is 9.79 Å². The first-order valence-corrected chi connectivity index (χ1v) is 12.0. The Kier molecular flexibility index (Phi) is 7.07. The molecular weight excluding hydrogens is 468 g/mol. The minimum absolute atomic E-state index is 0.0599. The van der Waals surface area contributed by atoms with Crippen molar-refractivity contribution in [2.24, 2.45) is 4.99 Å². The van der Waals surface area contributed by atoms with Crippen molar-refractivity contribution in [3.05, 3.63) is 84.5 Å². The van der Waals surface area contributed by atoms with E-state index in [-0.39, 0.29) is 23.5 Å². The van der Waals surface area contributed by atoms with E-state index < -0.39 is 12.0 Å². The van der Waals surface area contributed by atoms with Gasteiger partial charge in [0.25, 0.3) is 5.56 Å². The van der Waals surface area contributed by atoms with Gasteiger partial charge in [0.15, 0.2) is 16.3 Å². The number of phenolic OH excluding ortho intramolecular Hbond substituents is 1. The number of methoxy groups -OCH3 is 1. The number of nitrogens with zero attached hydrogens (tertiary/aromatic N) is 2. The maximum Gasteiger partial charge on any atom is 0.338 e. The highest BCUT2D eigenvalue weighted by atomic mass is 32.1. The van der Waals surface area contributed by atoms with Gasteiger partial charge >= 0.3 is 5.97 Å². The molecule has 1 N–H and O–H groups in total. The van der Waals surface area contributed by atoms with Crippen LogP contribution in [-0.2, 0) is 9.53 Å². The summed E-state index contributed by atoms with van der Waals surface area (Å²) in [4.78, 5) is 31.8. The summed E-state index contributed by atoms with van der Waals surface area (Å²) < 4.78 is 18.6. The van der Waals surface area contributed by atoms with Gasteiger partial charge in [-0.2, -0.15) is 0 Å². The molecule has 182 valence electrons. The molecule has 0 fully saturated rings. The molecule has 1 aliphatic heterocycles. The molecule has 35 heavy (non-hydrogen) atoms. The highest BCUT2D eigenvalue weighted by Crippen LogP contribution is 2.40. The summed E-state index contributed by atoms with van der Waals surface area (Å²) in [5, 5.41) is 10.2. The number of thiazole rings is 1. The largest absolute Gasteiger partial charge is 0.507 e. The van der Waals surface area contributed by atoms with Crippen LogP contribution in [0, 0.1) is 0 Å². The maximum absolute atomic E-state index is 13.7. The van der Waals surface area contributed by atoms with Crippen LogP contribution in [-0.4, -0.2) is 36.0 Å². The van der Waals surface area contributed by atoms with E-state index in [0.717, 1.165) is 0 Å². The van der Waals surface area contributed by atoms with Crippen molar-refractivity contribution in [2.75, 3.05) is 20.3 Å². The first-order chi connectivity index (χ1) is 16.9. The van der Waals surface area contributed by atoms with Crippen LogP contribution in [0.5, 0.6) is 17.2 Å². The monoisotopic (exact) mass is 494 g/mol. The number of fused-ring (bicyclic) bond motifs is 1. The van der Waals surface area contributed by atoms with Gasteiger partial charge in [-0.1, -0.05) is 41.7 Å². The molecule has 1 aliphatic rings. The average molecular weight is 495 g/mol. The Balaban J connectivity index is 2.04. The Morgan fingerprint density at radius 1 is 1.17 bits per heavy atom. The molecule has 0 aliphatic carbocycles. The van der Waals surface area contributed by atoms with Crippen molar-refractivity contribution in [1.29, 1.82) is 0 Å². The van der Waals surface area contributed by atoms with Crippen LogP contribution in [0.4, 0.5) is 0 Å². The molecule has 0 bridgehead atoms. The van der Waals surface area contributed by atoms with Gasteiger partial charge in [-0.15, -0.1) is 0 Å². The lowest BCUT2D eigenvalue weighted by atomic mass is 9.94. The molecule has 1 aromatic heterocycles. The number of hydrogen-bond donors (Lipinski definition) is 1. The number of rotatable bonds is 7. The Bertz CT molecular complexity index is 1480. The molecule has 0 unspecified atom stereocenters. The van der Waals surface area contributed by atoms with Gasteiger partial charge < -0.3 is 19.3 Å². The van der Waals surface area contributed by atoms with E-state index in [0.29, 0.717) is 44.3 Å². The molecule has 1 atom stereocenters. The average Bonchev–Trinajstić information content (AvgIpc) is 3.14. The normalized spacial score (nSPS) is 15.4. The molecule has 0 amide bonds. The number of hydrogen-bond acceptors (Lipinski definition) is 8. The SMILES string of the molecule is CCOC(=O)C1=C(C)N=c2s/c(=C/c3ccccc3O)c(=O)n2[C@H]1c1cccc(OC)c1OCC. The molecule has 3 aromatic rings. The van der Waals surface area contributed by atoms with Crippen LogP contribution in [0.2, 0.25) is 0 Å². The van der Waals surface area contributed by atoms with Crippen LogP contribution in [0.25, 0.3) is 6.08 Å². The lowest BCUT2D eigenvalue weighted by Gasteiger charge is -2.26. The number of ether oxygens (including phenoxy) is 3. The first kappa shape index (κ1) is 24.3. The summed E-state index contributed by atoms with van der Waals surface area (Å²) >= 11 is 1.18. The van der Waals surface area contributed by atoms with E-state index in [2.05, 4.69) is 4.99 Å². The Hall–Kier alpha value is -3.85.